The summed E-state index contributed by atoms with van der Waals surface area (Å²) in [6.45, 7) is 0.747. The van der Waals surface area contributed by atoms with Gasteiger partial charge in [-0.05, 0) is 41.6 Å². The molecule has 8 rings (SSSR count). The molecule has 0 saturated carbocycles. The van der Waals surface area contributed by atoms with Crippen LogP contribution in [-0.4, -0.2) is 69.6 Å². The van der Waals surface area contributed by atoms with Crippen LogP contribution in [0.4, 0.5) is 0 Å². The smallest absolute Gasteiger partial charge is 0.291 e. The van der Waals surface area contributed by atoms with E-state index in [1.807, 2.05) is 66.4 Å². The van der Waals surface area contributed by atoms with Crippen molar-refractivity contribution >= 4 is 87.7 Å². The lowest BCUT2D eigenvalue weighted by Gasteiger charge is -2.07. The minimum Gasteiger partial charge on any atom is -0.497 e. The zero-order chi connectivity index (χ0) is 36.0. The Morgan fingerprint density at radius 1 is 0.765 bits per heavy atom. The molecule has 0 radical (unpaired) electrons. The monoisotopic (exact) mass is 760 g/mol. The molecule has 262 valence electrons. The van der Waals surface area contributed by atoms with Crippen molar-refractivity contribution in [3.8, 4) is 11.5 Å². The summed E-state index contributed by atoms with van der Waals surface area (Å²) in [6, 6.07) is 15.2. The molecule has 0 bridgehead atoms. The predicted octanol–water partition coefficient (Wildman–Crippen LogP) is 5.26. The van der Waals surface area contributed by atoms with Gasteiger partial charge in [0, 0.05) is 31.1 Å². The number of aromatic nitrogens is 8. The van der Waals surface area contributed by atoms with E-state index >= 15 is 0 Å². The summed E-state index contributed by atoms with van der Waals surface area (Å²) in [5.41, 5.74) is 4.28. The van der Waals surface area contributed by atoms with Crippen LogP contribution in [0, 0.1) is 0 Å². The Morgan fingerprint density at radius 3 is 1.73 bits per heavy atom. The van der Waals surface area contributed by atoms with E-state index in [2.05, 4.69) is 20.2 Å². The first-order valence-electron chi connectivity index (χ1n) is 15.4. The normalized spacial score (nSPS) is 12.1. The Bertz CT molecular complexity index is 2740. The van der Waals surface area contributed by atoms with Gasteiger partial charge in [0.05, 0.1) is 59.9 Å². The van der Waals surface area contributed by atoms with Crippen molar-refractivity contribution in [2.45, 2.75) is 21.8 Å². The fraction of sp³-hybridized carbons (Fsp3) is 0.235. The molecule has 51 heavy (non-hydrogen) atoms. The van der Waals surface area contributed by atoms with Crippen molar-refractivity contribution in [2.24, 2.45) is 14.1 Å². The number of ether oxygens (including phenoxy) is 2. The molecule has 1 unspecified atom stereocenters. The Hall–Kier alpha value is -4.84. The van der Waals surface area contributed by atoms with Gasteiger partial charge in [-0.1, -0.05) is 36.0 Å². The average molecular weight is 761 g/mol. The van der Waals surface area contributed by atoms with Crippen LogP contribution in [0.5, 0.6) is 11.5 Å². The van der Waals surface area contributed by atoms with Crippen LogP contribution in [0.25, 0.3) is 42.5 Å². The van der Waals surface area contributed by atoms with Gasteiger partial charge in [-0.2, -0.15) is 10.2 Å². The highest BCUT2D eigenvalue weighted by molar-refractivity contribution is 8.00. The Balaban J connectivity index is 0.000000159. The third kappa shape index (κ3) is 6.34. The van der Waals surface area contributed by atoms with Crippen LogP contribution >= 0.6 is 34.4 Å². The molecule has 0 N–H and O–H groups in total. The summed E-state index contributed by atoms with van der Waals surface area (Å²) in [4.78, 5) is 34.9. The third-order valence-electron chi connectivity index (χ3n) is 8.36. The highest BCUT2D eigenvalue weighted by Crippen LogP contribution is 2.34. The lowest BCUT2D eigenvalue weighted by molar-refractivity contribution is 0.414. The van der Waals surface area contributed by atoms with E-state index in [9.17, 15) is 13.8 Å². The number of nitrogens with zero attached hydrogens (tertiary/aromatic N) is 8. The quantitative estimate of drug-likeness (QED) is 0.188. The van der Waals surface area contributed by atoms with E-state index in [1.165, 1.54) is 20.7 Å². The van der Waals surface area contributed by atoms with E-state index in [-0.39, 0.29) is 11.1 Å². The summed E-state index contributed by atoms with van der Waals surface area (Å²) in [5.74, 6) is 1.50. The standard InChI is InChI=1S/C17H16N4O3S2.C17H16N4O2S2/c1-20-13-12(14-15(20)19-17(25-14)26(3)23)8-18-21(16(13)22)9-10-5-4-6-11(7-10)24-2;1-20-13-12(14-15(20)19-17(24-3)25-14)8-18-21(16(13)22)9-10-5-4-6-11(7-10)23-2/h4-8H,9H2,1-3H3;4-8H,9H2,1-3H3. The molecule has 0 fully saturated rings. The lowest BCUT2D eigenvalue weighted by atomic mass is 10.2. The molecule has 0 spiro atoms. The van der Waals surface area contributed by atoms with Crippen molar-refractivity contribution in [1.29, 1.82) is 0 Å². The highest BCUT2D eigenvalue weighted by Gasteiger charge is 2.20. The fourth-order valence-electron chi connectivity index (χ4n) is 5.86. The highest BCUT2D eigenvalue weighted by atomic mass is 32.2. The summed E-state index contributed by atoms with van der Waals surface area (Å²) in [6.07, 6.45) is 7.04. The largest absolute Gasteiger partial charge is 0.497 e. The zero-order valence-corrected chi connectivity index (χ0v) is 31.7. The number of rotatable bonds is 8. The second-order valence-corrected chi connectivity index (χ2v) is 16.1. The van der Waals surface area contributed by atoms with Crippen molar-refractivity contribution in [2.75, 3.05) is 26.7 Å². The van der Waals surface area contributed by atoms with Crippen molar-refractivity contribution < 1.29 is 13.7 Å². The number of thioether (sulfide) groups is 1. The Kier molecular flexibility index (Phi) is 9.54. The minimum absolute atomic E-state index is 0.112. The average Bonchev–Trinajstić information content (AvgIpc) is 3.89. The molecule has 0 saturated heterocycles. The molecule has 8 aromatic rings. The number of thiazole rings is 2. The van der Waals surface area contributed by atoms with Crippen LogP contribution in [0.3, 0.4) is 0 Å². The fourth-order valence-corrected chi connectivity index (χ4v) is 9.24. The van der Waals surface area contributed by atoms with Gasteiger partial charge in [-0.15, -0.1) is 22.7 Å². The first-order valence-corrected chi connectivity index (χ1v) is 19.9. The van der Waals surface area contributed by atoms with Crippen LogP contribution in [0.2, 0.25) is 0 Å². The maximum atomic E-state index is 13.0. The van der Waals surface area contributed by atoms with E-state index < -0.39 is 10.8 Å². The molecule has 6 aromatic heterocycles. The molecule has 6 heterocycles. The molecule has 0 amide bonds. The van der Waals surface area contributed by atoms with Crippen molar-refractivity contribution in [1.82, 2.24) is 38.7 Å². The molecule has 1 atom stereocenters. The summed E-state index contributed by atoms with van der Waals surface area (Å²) in [5, 5.41) is 10.3. The molecule has 17 heteroatoms. The molecule has 13 nitrogen and oxygen atoms in total. The first kappa shape index (κ1) is 34.6. The summed E-state index contributed by atoms with van der Waals surface area (Å²) < 4.78 is 32.1. The number of aryl methyl sites for hydroxylation is 2. The topological polar surface area (TPSA) is 141 Å². The van der Waals surface area contributed by atoms with E-state index in [0.717, 1.165) is 52.8 Å². The number of hydrogen-bond donors (Lipinski definition) is 0. The van der Waals surface area contributed by atoms with Gasteiger partial charge >= 0.3 is 0 Å². The zero-order valence-electron chi connectivity index (χ0n) is 28.4. The summed E-state index contributed by atoms with van der Waals surface area (Å²) in [7, 11) is 5.76. The van der Waals surface area contributed by atoms with E-state index in [4.69, 9.17) is 9.47 Å². The Labute approximate surface area is 305 Å². The van der Waals surface area contributed by atoms with Crippen LogP contribution < -0.4 is 20.6 Å². The maximum absolute atomic E-state index is 13.0. The minimum atomic E-state index is -1.15. The van der Waals surface area contributed by atoms with Crippen LogP contribution in [-0.2, 0) is 38.0 Å². The number of methoxy groups -OCH3 is 2. The van der Waals surface area contributed by atoms with Gasteiger partial charge in [0.2, 0.25) is 0 Å². The van der Waals surface area contributed by atoms with Crippen molar-refractivity contribution in [3.63, 3.8) is 0 Å². The lowest BCUT2D eigenvalue weighted by Crippen LogP contribution is -2.24. The number of benzene rings is 2. The second kappa shape index (κ2) is 14.1. The SMILES string of the molecule is COc1cccc(Cn2ncc3c4sc(S(C)=O)nc4n(C)c3c2=O)c1.COc1cccc(Cn2ncc3c4sc(SC)nc4n(C)c3c2=O)c1. The molecular formula is C34H32N8O5S4. The van der Waals surface area contributed by atoms with Crippen LogP contribution in [0.15, 0.2) is 79.2 Å². The summed E-state index contributed by atoms with van der Waals surface area (Å²) >= 11 is 4.55. The number of fused-ring (bicyclic) bond motifs is 6. The van der Waals surface area contributed by atoms with E-state index in [0.29, 0.717) is 34.1 Å². The van der Waals surface area contributed by atoms with Gasteiger partial charge < -0.3 is 18.6 Å². The Morgan fingerprint density at radius 2 is 1.25 bits per heavy atom. The van der Waals surface area contributed by atoms with Gasteiger partial charge in [0.1, 0.15) is 22.5 Å². The van der Waals surface area contributed by atoms with Crippen LogP contribution in [0.1, 0.15) is 11.1 Å². The molecular weight excluding hydrogens is 729 g/mol. The molecule has 0 aliphatic heterocycles. The number of hydrogen-bond acceptors (Lipinski definition) is 12. The maximum Gasteiger partial charge on any atom is 0.291 e. The van der Waals surface area contributed by atoms with Gasteiger partial charge in [0.25, 0.3) is 11.1 Å². The van der Waals surface area contributed by atoms with Gasteiger partial charge in [-0.25, -0.2) is 19.3 Å². The van der Waals surface area contributed by atoms with Gasteiger partial charge in [-0.3, -0.25) is 13.8 Å². The molecule has 0 aliphatic carbocycles. The third-order valence-corrected chi connectivity index (χ3v) is 12.8. The van der Waals surface area contributed by atoms with E-state index in [1.54, 1.807) is 67.6 Å². The van der Waals surface area contributed by atoms with Crippen molar-refractivity contribution in [3.05, 3.63) is 92.8 Å². The van der Waals surface area contributed by atoms with Gasteiger partial charge in [0.15, 0.2) is 20.0 Å². The molecule has 0 aliphatic rings. The predicted molar refractivity (Wildman–Crippen MR) is 205 cm³/mol. The second-order valence-electron chi connectivity index (χ2n) is 11.5. The molecule has 2 aromatic carbocycles. The first-order chi connectivity index (χ1) is 24.6.